The molecule has 0 spiro atoms. The van der Waals surface area contributed by atoms with Crippen LogP contribution in [-0.2, 0) is 16.1 Å². The molecule has 0 saturated carbocycles. The molecule has 0 amide bonds. The van der Waals surface area contributed by atoms with Gasteiger partial charge in [-0.05, 0) is 12.8 Å². The lowest BCUT2D eigenvalue weighted by Gasteiger charge is -2.12. The molecule has 1 aliphatic rings. The molecule has 1 aromatic rings. The van der Waals surface area contributed by atoms with Gasteiger partial charge in [0.05, 0.1) is 13.2 Å². The van der Waals surface area contributed by atoms with Crippen LogP contribution in [0.3, 0.4) is 0 Å². The maximum atomic E-state index is 5.77. The molecule has 2 rings (SSSR count). The Bertz CT molecular complexity index is 409. The standard InChI is InChI=1S/C14H23N3O3/c1-3-5-15-12-7-14(17-13(16-12)10-18-2)20-9-11-4-6-19-8-11/h7,11H,3-6,8-10H2,1-2H3,(H,15,16,17). The zero-order chi connectivity index (χ0) is 14.2. The molecule has 1 fully saturated rings. The number of ether oxygens (including phenoxy) is 3. The quantitative estimate of drug-likeness (QED) is 0.784. The number of anilines is 1. The van der Waals surface area contributed by atoms with Crippen molar-refractivity contribution < 1.29 is 14.2 Å². The lowest BCUT2D eigenvalue weighted by molar-refractivity contribution is 0.162. The van der Waals surface area contributed by atoms with E-state index in [-0.39, 0.29) is 0 Å². The number of aromatic nitrogens is 2. The summed E-state index contributed by atoms with van der Waals surface area (Å²) in [7, 11) is 1.63. The zero-order valence-corrected chi connectivity index (χ0v) is 12.2. The molecule has 0 aromatic carbocycles. The minimum atomic E-state index is 0.380. The van der Waals surface area contributed by atoms with E-state index in [1.54, 1.807) is 7.11 Å². The minimum Gasteiger partial charge on any atom is -0.477 e. The first-order chi connectivity index (χ1) is 9.81. The normalized spacial score (nSPS) is 18.2. The fourth-order valence-electron chi connectivity index (χ4n) is 2.00. The fourth-order valence-corrected chi connectivity index (χ4v) is 2.00. The summed E-state index contributed by atoms with van der Waals surface area (Å²) in [5, 5.41) is 3.25. The average molecular weight is 281 g/mol. The molecule has 2 heterocycles. The Morgan fingerprint density at radius 2 is 2.35 bits per heavy atom. The van der Waals surface area contributed by atoms with Crippen molar-refractivity contribution >= 4 is 5.82 Å². The third-order valence-electron chi connectivity index (χ3n) is 3.07. The highest BCUT2D eigenvalue weighted by molar-refractivity contribution is 5.38. The molecule has 0 aliphatic carbocycles. The maximum absolute atomic E-state index is 5.77. The fraction of sp³-hybridized carbons (Fsp3) is 0.714. The minimum absolute atomic E-state index is 0.380. The summed E-state index contributed by atoms with van der Waals surface area (Å²) in [5.41, 5.74) is 0. The van der Waals surface area contributed by atoms with Gasteiger partial charge >= 0.3 is 0 Å². The van der Waals surface area contributed by atoms with Crippen LogP contribution in [-0.4, -0.2) is 43.4 Å². The van der Waals surface area contributed by atoms with Crippen LogP contribution in [0.5, 0.6) is 5.88 Å². The van der Waals surface area contributed by atoms with Crippen molar-refractivity contribution in [2.75, 3.05) is 38.8 Å². The van der Waals surface area contributed by atoms with Crippen molar-refractivity contribution in [1.29, 1.82) is 0 Å². The molecule has 1 atom stereocenters. The number of nitrogens with zero attached hydrogens (tertiary/aromatic N) is 2. The molecule has 1 N–H and O–H groups in total. The Hall–Kier alpha value is -1.40. The lowest BCUT2D eigenvalue weighted by atomic mass is 10.1. The highest BCUT2D eigenvalue weighted by atomic mass is 16.5. The van der Waals surface area contributed by atoms with Gasteiger partial charge in [-0.15, -0.1) is 0 Å². The van der Waals surface area contributed by atoms with E-state index in [2.05, 4.69) is 22.2 Å². The van der Waals surface area contributed by atoms with Crippen LogP contribution in [0.1, 0.15) is 25.6 Å². The topological polar surface area (TPSA) is 65.5 Å². The van der Waals surface area contributed by atoms with Crippen LogP contribution >= 0.6 is 0 Å². The van der Waals surface area contributed by atoms with E-state index in [0.29, 0.717) is 30.8 Å². The number of methoxy groups -OCH3 is 1. The number of rotatable bonds is 8. The Kier molecular flexibility index (Phi) is 6.01. The molecule has 1 unspecified atom stereocenters. The van der Waals surface area contributed by atoms with Gasteiger partial charge in [-0.2, -0.15) is 4.98 Å². The summed E-state index contributed by atoms with van der Waals surface area (Å²) >= 11 is 0. The molecule has 112 valence electrons. The van der Waals surface area contributed by atoms with E-state index in [1.165, 1.54) is 0 Å². The van der Waals surface area contributed by atoms with Gasteiger partial charge in [-0.25, -0.2) is 4.98 Å². The van der Waals surface area contributed by atoms with E-state index < -0.39 is 0 Å². The van der Waals surface area contributed by atoms with Crippen molar-refractivity contribution in [3.8, 4) is 5.88 Å². The highest BCUT2D eigenvalue weighted by Crippen LogP contribution is 2.18. The van der Waals surface area contributed by atoms with E-state index in [4.69, 9.17) is 14.2 Å². The Labute approximate surface area is 119 Å². The first-order valence-electron chi connectivity index (χ1n) is 7.13. The smallest absolute Gasteiger partial charge is 0.218 e. The van der Waals surface area contributed by atoms with Crippen molar-refractivity contribution in [3.05, 3.63) is 11.9 Å². The molecule has 0 bridgehead atoms. The molecule has 1 aliphatic heterocycles. The summed E-state index contributed by atoms with van der Waals surface area (Å²) in [6.45, 7) is 5.61. The second-order valence-electron chi connectivity index (χ2n) is 4.91. The molecular weight excluding hydrogens is 258 g/mol. The Morgan fingerprint density at radius 3 is 3.05 bits per heavy atom. The van der Waals surface area contributed by atoms with E-state index in [1.807, 2.05) is 6.07 Å². The Morgan fingerprint density at radius 1 is 1.45 bits per heavy atom. The van der Waals surface area contributed by atoms with Crippen LogP contribution < -0.4 is 10.1 Å². The predicted molar refractivity (Wildman–Crippen MR) is 75.9 cm³/mol. The molecule has 1 saturated heterocycles. The van der Waals surface area contributed by atoms with Gasteiger partial charge in [0.1, 0.15) is 12.4 Å². The van der Waals surface area contributed by atoms with Crippen molar-refractivity contribution in [1.82, 2.24) is 9.97 Å². The summed E-state index contributed by atoms with van der Waals surface area (Å²) in [4.78, 5) is 8.74. The maximum Gasteiger partial charge on any atom is 0.218 e. The Balaban J connectivity index is 1.98. The number of nitrogens with one attached hydrogen (secondary N) is 1. The van der Waals surface area contributed by atoms with E-state index in [9.17, 15) is 0 Å². The van der Waals surface area contributed by atoms with Crippen molar-refractivity contribution in [3.63, 3.8) is 0 Å². The second-order valence-corrected chi connectivity index (χ2v) is 4.91. The summed E-state index contributed by atoms with van der Waals surface area (Å²) in [5.74, 6) is 2.47. The second kappa shape index (κ2) is 8.01. The molecule has 6 heteroatoms. The van der Waals surface area contributed by atoms with Gasteiger partial charge in [0.15, 0.2) is 5.82 Å². The van der Waals surface area contributed by atoms with Gasteiger partial charge in [-0.1, -0.05) is 6.92 Å². The average Bonchev–Trinajstić information content (AvgIpc) is 2.96. The molecule has 6 nitrogen and oxygen atoms in total. The lowest BCUT2D eigenvalue weighted by Crippen LogP contribution is -2.14. The summed E-state index contributed by atoms with van der Waals surface area (Å²) in [6, 6.07) is 1.84. The number of hydrogen-bond acceptors (Lipinski definition) is 6. The van der Waals surface area contributed by atoms with Crippen LogP contribution in [0, 0.1) is 5.92 Å². The number of hydrogen-bond donors (Lipinski definition) is 1. The first-order valence-corrected chi connectivity index (χ1v) is 7.13. The molecule has 1 aromatic heterocycles. The third kappa shape index (κ3) is 4.61. The highest BCUT2D eigenvalue weighted by Gasteiger charge is 2.17. The van der Waals surface area contributed by atoms with Gasteiger partial charge in [-0.3, -0.25) is 0 Å². The van der Waals surface area contributed by atoms with Crippen molar-refractivity contribution in [2.24, 2.45) is 5.92 Å². The SMILES string of the molecule is CCCNc1cc(OCC2CCOC2)nc(COC)n1. The summed E-state index contributed by atoms with van der Waals surface area (Å²) in [6.07, 6.45) is 2.09. The zero-order valence-electron chi connectivity index (χ0n) is 12.2. The first kappa shape index (κ1) is 15.0. The van der Waals surface area contributed by atoms with Gasteiger partial charge in [0, 0.05) is 32.2 Å². The van der Waals surface area contributed by atoms with Gasteiger partial charge < -0.3 is 19.5 Å². The van der Waals surface area contributed by atoms with Gasteiger partial charge in [0.25, 0.3) is 0 Å². The van der Waals surface area contributed by atoms with Crippen LogP contribution in [0.15, 0.2) is 6.07 Å². The van der Waals surface area contributed by atoms with Crippen LogP contribution in [0.2, 0.25) is 0 Å². The van der Waals surface area contributed by atoms with Gasteiger partial charge in [0.2, 0.25) is 5.88 Å². The molecule has 0 radical (unpaired) electrons. The monoisotopic (exact) mass is 281 g/mol. The summed E-state index contributed by atoms with van der Waals surface area (Å²) < 4.78 is 16.2. The van der Waals surface area contributed by atoms with Crippen molar-refractivity contribution in [2.45, 2.75) is 26.4 Å². The van der Waals surface area contributed by atoms with E-state index >= 15 is 0 Å². The molecule has 20 heavy (non-hydrogen) atoms. The predicted octanol–water partition coefficient (Wildman–Crippen LogP) is 1.86. The molecular formula is C14H23N3O3. The van der Waals surface area contributed by atoms with E-state index in [0.717, 1.165) is 38.4 Å². The van der Waals surface area contributed by atoms with Crippen LogP contribution in [0.25, 0.3) is 0 Å². The van der Waals surface area contributed by atoms with Crippen LogP contribution in [0.4, 0.5) is 5.82 Å². The largest absolute Gasteiger partial charge is 0.477 e. The third-order valence-corrected chi connectivity index (χ3v) is 3.07.